The molecule has 2 rings (SSSR count). The van der Waals surface area contributed by atoms with E-state index in [1.807, 2.05) is 0 Å². The molecule has 0 N–H and O–H groups in total. The minimum atomic E-state index is 0.194. The molecule has 3 heteroatoms. The number of alkyl halides is 1. The van der Waals surface area contributed by atoms with Gasteiger partial charge in [0.1, 0.15) is 0 Å². The zero-order chi connectivity index (χ0) is 11.7. The summed E-state index contributed by atoms with van der Waals surface area (Å²) in [6.45, 7) is 4.21. The Kier molecular flexibility index (Phi) is 3.78. The summed E-state index contributed by atoms with van der Waals surface area (Å²) in [4.78, 5) is 14.5. The van der Waals surface area contributed by atoms with Crippen molar-refractivity contribution in [2.24, 2.45) is 5.92 Å². The summed E-state index contributed by atoms with van der Waals surface area (Å²) in [5.74, 6) is 0.567. The van der Waals surface area contributed by atoms with Crippen molar-refractivity contribution in [2.75, 3.05) is 0 Å². The third-order valence-corrected chi connectivity index (χ3v) is 4.43. The molecule has 16 heavy (non-hydrogen) atoms. The number of hydrogen-bond donors (Lipinski definition) is 0. The summed E-state index contributed by atoms with van der Waals surface area (Å²) < 4.78 is 0. The topological polar surface area (TPSA) is 20.3 Å². The van der Waals surface area contributed by atoms with E-state index in [1.54, 1.807) is 0 Å². The molecule has 0 aromatic rings. The average molecular weight is 244 g/mol. The van der Waals surface area contributed by atoms with E-state index in [1.165, 1.54) is 12.8 Å². The molecule has 2 bridgehead atoms. The summed E-state index contributed by atoms with van der Waals surface area (Å²) in [7, 11) is 0. The summed E-state index contributed by atoms with van der Waals surface area (Å²) in [5.41, 5.74) is 0. The molecule has 0 aliphatic carbocycles. The lowest BCUT2D eigenvalue weighted by Gasteiger charge is -2.38. The van der Waals surface area contributed by atoms with Gasteiger partial charge in [0.15, 0.2) is 0 Å². The molecule has 0 radical (unpaired) electrons. The van der Waals surface area contributed by atoms with Crippen LogP contribution in [0.15, 0.2) is 0 Å². The van der Waals surface area contributed by atoms with E-state index in [0.29, 0.717) is 23.4 Å². The van der Waals surface area contributed by atoms with Crippen molar-refractivity contribution in [3.63, 3.8) is 0 Å². The van der Waals surface area contributed by atoms with Gasteiger partial charge >= 0.3 is 0 Å². The van der Waals surface area contributed by atoms with Crippen LogP contribution in [0.2, 0.25) is 0 Å². The van der Waals surface area contributed by atoms with Crippen molar-refractivity contribution in [1.29, 1.82) is 0 Å². The number of piperidine rings is 1. The Balaban J connectivity index is 2.02. The van der Waals surface area contributed by atoms with Crippen molar-refractivity contribution in [2.45, 2.75) is 69.8 Å². The molecule has 3 unspecified atom stereocenters. The van der Waals surface area contributed by atoms with Crippen molar-refractivity contribution >= 4 is 17.5 Å². The molecule has 2 aliphatic rings. The molecule has 0 aromatic carbocycles. The van der Waals surface area contributed by atoms with Gasteiger partial charge in [-0.1, -0.05) is 20.3 Å². The molecule has 2 aliphatic heterocycles. The molecule has 2 heterocycles. The smallest absolute Gasteiger partial charge is 0.225 e. The van der Waals surface area contributed by atoms with E-state index >= 15 is 0 Å². The Morgan fingerprint density at radius 3 is 2.44 bits per heavy atom. The van der Waals surface area contributed by atoms with Crippen LogP contribution >= 0.6 is 11.6 Å². The third-order valence-electron chi connectivity index (χ3n) is 4.07. The normalized spacial score (nSPS) is 35.2. The van der Waals surface area contributed by atoms with E-state index in [9.17, 15) is 4.79 Å². The van der Waals surface area contributed by atoms with E-state index in [-0.39, 0.29) is 5.92 Å². The van der Waals surface area contributed by atoms with Crippen molar-refractivity contribution in [1.82, 2.24) is 4.90 Å². The van der Waals surface area contributed by atoms with Crippen LogP contribution in [0.5, 0.6) is 0 Å². The Morgan fingerprint density at radius 1 is 1.38 bits per heavy atom. The maximum Gasteiger partial charge on any atom is 0.225 e. The highest BCUT2D eigenvalue weighted by Crippen LogP contribution is 2.38. The quantitative estimate of drug-likeness (QED) is 0.698. The van der Waals surface area contributed by atoms with E-state index in [2.05, 4.69) is 18.7 Å². The zero-order valence-electron chi connectivity index (χ0n) is 10.3. The highest BCUT2D eigenvalue weighted by molar-refractivity contribution is 6.20. The highest BCUT2D eigenvalue weighted by atomic mass is 35.5. The molecule has 2 nitrogen and oxygen atoms in total. The van der Waals surface area contributed by atoms with Crippen LogP contribution in [0.25, 0.3) is 0 Å². The molecule has 2 saturated heterocycles. The van der Waals surface area contributed by atoms with Gasteiger partial charge in [0.2, 0.25) is 5.91 Å². The van der Waals surface area contributed by atoms with Crippen LogP contribution in [0.1, 0.15) is 52.4 Å². The van der Waals surface area contributed by atoms with Gasteiger partial charge in [-0.3, -0.25) is 4.79 Å². The minimum absolute atomic E-state index is 0.194. The summed E-state index contributed by atoms with van der Waals surface area (Å²) in [6.07, 6.45) is 6.44. The number of amides is 1. The number of hydrogen-bond acceptors (Lipinski definition) is 1. The van der Waals surface area contributed by atoms with Gasteiger partial charge in [-0.05, 0) is 32.1 Å². The second-order valence-electron chi connectivity index (χ2n) is 5.39. The van der Waals surface area contributed by atoms with Gasteiger partial charge in [-0.2, -0.15) is 0 Å². The second kappa shape index (κ2) is 4.95. The number of halogens is 1. The lowest BCUT2D eigenvalue weighted by Crippen LogP contribution is -2.48. The number of rotatable bonds is 3. The van der Waals surface area contributed by atoms with Gasteiger partial charge in [0.05, 0.1) is 0 Å². The molecule has 1 amide bonds. The van der Waals surface area contributed by atoms with Gasteiger partial charge < -0.3 is 4.90 Å². The lowest BCUT2D eigenvalue weighted by molar-refractivity contribution is -0.139. The van der Waals surface area contributed by atoms with E-state index in [4.69, 9.17) is 11.6 Å². The van der Waals surface area contributed by atoms with Crippen LogP contribution in [-0.2, 0) is 4.79 Å². The summed E-state index contributed by atoms with van der Waals surface area (Å²) in [5, 5.41) is 0.294. The first kappa shape index (κ1) is 12.2. The zero-order valence-corrected chi connectivity index (χ0v) is 11.0. The lowest BCUT2D eigenvalue weighted by atomic mass is 9.97. The monoisotopic (exact) mass is 243 g/mol. The molecule has 0 aromatic heterocycles. The van der Waals surface area contributed by atoms with Crippen molar-refractivity contribution < 1.29 is 4.79 Å². The number of carbonyl (C=O) groups is 1. The Labute approximate surface area is 103 Å². The molecular weight excluding hydrogens is 222 g/mol. The maximum atomic E-state index is 12.3. The largest absolute Gasteiger partial charge is 0.336 e. The van der Waals surface area contributed by atoms with Crippen LogP contribution in [0.4, 0.5) is 0 Å². The fraction of sp³-hybridized carbons (Fsp3) is 0.923. The molecular formula is C13H22ClNO. The predicted molar refractivity (Wildman–Crippen MR) is 66.6 cm³/mol. The van der Waals surface area contributed by atoms with Crippen LogP contribution < -0.4 is 0 Å². The molecule has 0 saturated carbocycles. The highest BCUT2D eigenvalue weighted by Gasteiger charge is 2.43. The van der Waals surface area contributed by atoms with Gasteiger partial charge in [-0.15, -0.1) is 11.6 Å². The summed E-state index contributed by atoms with van der Waals surface area (Å²) in [6, 6.07) is 0.876. The minimum Gasteiger partial charge on any atom is -0.336 e. The first-order valence-corrected chi connectivity index (χ1v) is 7.03. The van der Waals surface area contributed by atoms with Crippen molar-refractivity contribution in [3.8, 4) is 0 Å². The standard InChI is InChI=1S/C13H22ClNO/c1-3-4-9(2)13(16)15-11-5-6-12(15)8-10(14)7-11/h9-12H,3-8H2,1-2H3. The van der Waals surface area contributed by atoms with E-state index in [0.717, 1.165) is 25.7 Å². The van der Waals surface area contributed by atoms with Crippen molar-refractivity contribution in [3.05, 3.63) is 0 Å². The fourth-order valence-electron chi connectivity index (χ4n) is 3.28. The van der Waals surface area contributed by atoms with Crippen LogP contribution in [0.3, 0.4) is 0 Å². The number of nitrogens with zero attached hydrogens (tertiary/aromatic N) is 1. The van der Waals surface area contributed by atoms with E-state index < -0.39 is 0 Å². The Hall–Kier alpha value is -0.240. The maximum absolute atomic E-state index is 12.3. The first-order valence-electron chi connectivity index (χ1n) is 6.59. The van der Waals surface area contributed by atoms with Gasteiger partial charge in [-0.25, -0.2) is 0 Å². The fourth-order valence-corrected chi connectivity index (χ4v) is 3.69. The first-order chi connectivity index (χ1) is 7.63. The molecule has 2 fully saturated rings. The molecule has 3 atom stereocenters. The van der Waals surface area contributed by atoms with Gasteiger partial charge in [0.25, 0.3) is 0 Å². The molecule has 92 valence electrons. The number of carbonyl (C=O) groups excluding carboxylic acids is 1. The SMILES string of the molecule is CCCC(C)C(=O)N1C2CCC1CC(Cl)C2. The van der Waals surface area contributed by atoms with Gasteiger partial charge in [0, 0.05) is 23.4 Å². The number of fused-ring (bicyclic) bond motifs is 2. The predicted octanol–water partition coefficient (Wildman–Crippen LogP) is 3.18. The second-order valence-corrected chi connectivity index (χ2v) is 6.01. The summed E-state index contributed by atoms with van der Waals surface area (Å²) >= 11 is 6.22. The molecule has 0 spiro atoms. The Bertz CT molecular complexity index is 255. The van der Waals surface area contributed by atoms with Crippen LogP contribution in [-0.4, -0.2) is 28.3 Å². The third kappa shape index (κ3) is 2.22. The Morgan fingerprint density at radius 2 is 1.94 bits per heavy atom. The average Bonchev–Trinajstić information content (AvgIpc) is 2.50. The van der Waals surface area contributed by atoms with Crippen LogP contribution in [0, 0.1) is 5.92 Å².